The average Bonchev–Trinajstić information content (AvgIpc) is 2.36. The number of esters is 1. The molecule has 0 saturated heterocycles. The highest BCUT2D eigenvalue weighted by molar-refractivity contribution is 9.10. The fraction of sp³-hybridized carbons (Fsp3) is 0.462. The minimum Gasteiger partial charge on any atom is -0.466 e. The summed E-state index contributed by atoms with van der Waals surface area (Å²) in [5, 5.41) is 2.64. The molecular formula is C13H15BrF3NO2. The quantitative estimate of drug-likeness (QED) is 0.810. The second-order valence-electron chi connectivity index (χ2n) is 4.22. The van der Waals surface area contributed by atoms with Crippen LogP contribution in [-0.4, -0.2) is 19.1 Å². The maximum Gasteiger partial charge on any atom is 0.418 e. The third-order valence-corrected chi connectivity index (χ3v) is 3.07. The molecule has 0 heterocycles. The van der Waals surface area contributed by atoms with Gasteiger partial charge in [-0.2, -0.15) is 13.2 Å². The van der Waals surface area contributed by atoms with Crippen LogP contribution in [0.3, 0.4) is 0 Å². The Morgan fingerprint density at radius 2 is 2.10 bits per heavy atom. The predicted molar refractivity (Wildman–Crippen MR) is 73.4 cm³/mol. The zero-order chi connectivity index (χ0) is 15.3. The van der Waals surface area contributed by atoms with E-state index in [1.807, 2.05) is 0 Å². The third kappa shape index (κ3) is 4.70. The Labute approximate surface area is 123 Å². The SMILES string of the molecule is CCOC(=O)C(C)CNc1ccc(Br)cc1C(F)(F)F. The average molecular weight is 354 g/mol. The molecular weight excluding hydrogens is 339 g/mol. The number of rotatable bonds is 5. The molecule has 1 atom stereocenters. The first-order chi connectivity index (χ1) is 9.25. The van der Waals surface area contributed by atoms with Crippen LogP contribution in [0.4, 0.5) is 18.9 Å². The standard InChI is InChI=1S/C13H15BrF3NO2/c1-3-20-12(19)8(2)7-18-11-5-4-9(14)6-10(11)13(15,16)17/h4-6,8,18H,3,7H2,1-2H3. The summed E-state index contributed by atoms with van der Waals surface area (Å²) in [5.41, 5.74) is -0.834. The lowest BCUT2D eigenvalue weighted by Gasteiger charge is -2.17. The molecule has 1 rings (SSSR count). The second kappa shape index (κ2) is 6.97. The minimum absolute atomic E-state index is 0.0585. The van der Waals surface area contributed by atoms with Crippen LogP contribution in [0.15, 0.2) is 22.7 Å². The van der Waals surface area contributed by atoms with Gasteiger partial charge in [0.2, 0.25) is 0 Å². The molecule has 3 nitrogen and oxygen atoms in total. The van der Waals surface area contributed by atoms with Crippen molar-refractivity contribution in [2.45, 2.75) is 20.0 Å². The molecule has 1 aromatic rings. The van der Waals surface area contributed by atoms with Gasteiger partial charge in [0.05, 0.1) is 18.1 Å². The Morgan fingerprint density at radius 1 is 1.45 bits per heavy atom. The van der Waals surface area contributed by atoms with Crippen molar-refractivity contribution in [1.29, 1.82) is 0 Å². The van der Waals surface area contributed by atoms with Crippen LogP contribution in [-0.2, 0) is 15.7 Å². The van der Waals surface area contributed by atoms with Gasteiger partial charge in [-0.05, 0) is 25.1 Å². The van der Waals surface area contributed by atoms with Crippen molar-refractivity contribution < 1.29 is 22.7 Å². The summed E-state index contributed by atoms with van der Waals surface area (Å²) in [4.78, 5) is 11.4. The first kappa shape index (κ1) is 16.8. The topological polar surface area (TPSA) is 38.3 Å². The fourth-order valence-electron chi connectivity index (χ4n) is 1.54. The summed E-state index contributed by atoms with van der Waals surface area (Å²) in [5.74, 6) is -0.967. The van der Waals surface area contributed by atoms with Crippen LogP contribution < -0.4 is 5.32 Å². The van der Waals surface area contributed by atoms with Gasteiger partial charge in [0.15, 0.2) is 0 Å². The monoisotopic (exact) mass is 353 g/mol. The Kier molecular flexibility index (Phi) is 5.86. The van der Waals surface area contributed by atoms with Gasteiger partial charge < -0.3 is 10.1 Å². The maximum atomic E-state index is 12.9. The van der Waals surface area contributed by atoms with Crippen LogP contribution >= 0.6 is 15.9 Å². The van der Waals surface area contributed by atoms with Crippen LogP contribution in [0.2, 0.25) is 0 Å². The number of halogens is 4. The summed E-state index contributed by atoms with van der Waals surface area (Å²) in [7, 11) is 0. The molecule has 112 valence electrons. The summed E-state index contributed by atoms with van der Waals surface area (Å²) in [6.45, 7) is 3.59. The number of carbonyl (C=O) groups is 1. The predicted octanol–water partition coefficient (Wildman–Crippen LogP) is 4.08. The van der Waals surface area contributed by atoms with Crippen molar-refractivity contribution in [2.24, 2.45) is 5.92 Å². The van der Waals surface area contributed by atoms with E-state index >= 15 is 0 Å². The summed E-state index contributed by atoms with van der Waals surface area (Å²) in [6, 6.07) is 3.83. The number of anilines is 1. The van der Waals surface area contributed by atoms with E-state index in [9.17, 15) is 18.0 Å². The van der Waals surface area contributed by atoms with Crippen molar-refractivity contribution in [2.75, 3.05) is 18.5 Å². The number of hydrogen-bond acceptors (Lipinski definition) is 3. The van der Waals surface area contributed by atoms with E-state index in [1.54, 1.807) is 13.8 Å². The normalized spacial score (nSPS) is 12.9. The third-order valence-electron chi connectivity index (χ3n) is 2.57. The molecule has 1 N–H and O–H groups in total. The number of carbonyl (C=O) groups excluding carboxylic acids is 1. The summed E-state index contributed by atoms with van der Waals surface area (Å²) < 4.78 is 43.8. The minimum atomic E-state index is -4.46. The van der Waals surface area contributed by atoms with Crippen molar-refractivity contribution in [1.82, 2.24) is 0 Å². The van der Waals surface area contributed by atoms with Crippen molar-refractivity contribution >= 4 is 27.6 Å². The van der Waals surface area contributed by atoms with Crippen molar-refractivity contribution in [3.8, 4) is 0 Å². The molecule has 0 saturated carbocycles. The highest BCUT2D eigenvalue weighted by Crippen LogP contribution is 2.36. The zero-order valence-corrected chi connectivity index (χ0v) is 12.6. The van der Waals surface area contributed by atoms with Gasteiger partial charge in [-0.3, -0.25) is 4.79 Å². The highest BCUT2D eigenvalue weighted by atomic mass is 79.9. The Bertz CT molecular complexity index is 477. The lowest BCUT2D eigenvalue weighted by molar-refractivity contribution is -0.146. The van der Waals surface area contributed by atoms with E-state index in [0.717, 1.165) is 6.07 Å². The number of hydrogen-bond donors (Lipinski definition) is 1. The van der Waals surface area contributed by atoms with E-state index in [1.165, 1.54) is 12.1 Å². The fourth-order valence-corrected chi connectivity index (χ4v) is 1.90. The molecule has 0 bridgehead atoms. The molecule has 0 spiro atoms. The number of benzene rings is 1. The summed E-state index contributed by atoms with van der Waals surface area (Å²) in [6.07, 6.45) is -4.46. The van der Waals surface area contributed by atoms with Crippen molar-refractivity contribution in [3.63, 3.8) is 0 Å². The Morgan fingerprint density at radius 3 is 2.65 bits per heavy atom. The van der Waals surface area contributed by atoms with Gasteiger partial charge in [0, 0.05) is 16.7 Å². The lowest BCUT2D eigenvalue weighted by atomic mass is 10.1. The van der Waals surface area contributed by atoms with Crippen LogP contribution in [0, 0.1) is 5.92 Å². The molecule has 0 aliphatic heterocycles. The Balaban J connectivity index is 2.80. The number of nitrogens with one attached hydrogen (secondary N) is 1. The molecule has 0 radical (unpaired) electrons. The van der Waals surface area contributed by atoms with Gasteiger partial charge in [-0.25, -0.2) is 0 Å². The molecule has 0 aliphatic rings. The second-order valence-corrected chi connectivity index (χ2v) is 5.14. The largest absolute Gasteiger partial charge is 0.466 e. The lowest BCUT2D eigenvalue weighted by Crippen LogP contribution is -2.23. The first-order valence-corrected chi connectivity index (χ1v) is 6.82. The highest BCUT2D eigenvalue weighted by Gasteiger charge is 2.33. The number of alkyl halides is 3. The molecule has 7 heteroatoms. The van der Waals surface area contributed by atoms with E-state index in [-0.39, 0.29) is 18.8 Å². The molecule has 20 heavy (non-hydrogen) atoms. The van der Waals surface area contributed by atoms with Crippen LogP contribution in [0.1, 0.15) is 19.4 Å². The maximum absolute atomic E-state index is 12.9. The molecule has 0 amide bonds. The van der Waals surface area contributed by atoms with Gasteiger partial charge in [-0.1, -0.05) is 22.9 Å². The van der Waals surface area contributed by atoms with Crippen molar-refractivity contribution in [3.05, 3.63) is 28.2 Å². The van der Waals surface area contributed by atoms with Gasteiger partial charge in [0.1, 0.15) is 0 Å². The zero-order valence-electron chi connectivity index (χ0n) is 11.1. The molecule has 0 fully saturated rings. The van der Waals surface area contributed by atoms with E-state index in [0.29, 0.717) is 4.47 Å². The van der Waals surface area contributed by atoms with Gasteiger partial charge >= 0.3 is 12.1 Å². The van der Waals surface area contributed by atoms with Gasteiger partial charge in [-0.15, -0.1) is 0 Å². The van der Waals surface area contributed by atoms with E-state index < -0.39 is 23.6 Å². The molecule has 1 unspecified atom stereocenters. The van der Waals surface area contributed by atoms with Crippen LogP contribution in [0.5, 0.6) is 0 Å². The van der Waals surface area contributed by atoms with E-state index in [4.69, 9.17) is 4.74 Å². The molecule has 0 aromatic heterocycles. The van der Waals surface area contributed by atoms with Crippen LogP contribution in [0.25, 0.3) is 0 Å². The van der Waals surface area contributed by atoms with Gasteiger partial charge in [0.25, 0.3) is 0 Å². The smallest absolute Gasteiger partial charge is 0.418 e. The van der Waals surface area contributed by atoms with E-state index in [2.05, 4.69) is 21.2 Å². The Hall–Kier alpha value is -1.24. The first-order valence-electron chi connectivity index (χ1n) is 6.03. The summed E-state index contributed by atoms with van der Waals surface area (Å²) >= 11 is 3.01. The number of ether oxygens (including phenoxy) is 1. The molecule has 1 aromatic carbocycles. The molecule has 0 aliphatic carbocycles.